The van der Waals surface area contributed by atoms with Crippen LogP contribution in [-0.2, 0) is 11.3 Å². The SMILES string of the molecule is C[C@H]1CC[C@@H]2C3CC[C@@H]4C(CC[C@@H]4C(=O)Cn4cc(C#N)cn4)[C@@H]3CC[C@]2(C)C1. The number of nitriles is 1. The fourth-order valence-corrected chi connectivity index (χ4v) is 8.45. The second-order valence-electron chi connectivity index (χ2n) is 11.1. The molecule has 8 atom stereocenters. The molecule has 0 bridgehead atoms. The lowest BCUT2D eigenvalue weighted by Gasteiger charge is -2.57. The van der Waals surface area contributed by atoms with Gasteiger partial charge in [0.2, 0.25) is 0 Å². The lowest BCUT2D eigenvalue weighted by molar-refractivity contribution is -0.127. The third-order valence-corrected chi connectivity index (χ3v) is 9.55. The molecule has 0 spiro atoms. The Balaban J connectivity index is 1.28. The molecule has 1 aromatic rings. The van der Waals surface area contributed by atoms with E-state index in [1.165, 1.54) is 51.4 Å². The van der Waals surface area contributed by atoms with E-state index in [0.29, 0.717) is 29.2 Å². The van der Waals surface area contributed by atoms with Crippen molar-refractivity contribution in [1.29, 1.82) is 5.26 Å². The van der Waals surface area contributed by atoms with E-state index in [9.17, 15) is 4.79 Å². The quantitative estimate of drug-likeness (QED) is 0.706. The van der Waals surface area contributed by atoms with Crippen LogP contribution in [0.1, 0.15) is 77.2 Å². The predicted octanol–water partition coefficient (Wildman–Crippen LogP) is 5.23. The minimum atomic E-state index is 0.218. The van der Waals surface area contributed by atoms with Crippen LogP contribution in [0, 0.1) is 58.2 Å². The summed E-state index contributed by atoms with van der Waals surface area (Å²) in [4.78, 5) is 13.1. The second kappa shape index (κ2) is 7.25. The molecule has 4 nitrogen and oxygen atoms in total. The van der Waals surface area contributed by atoms with E-state index in [4.69, 9.17) is 5.26 Å². The molecule has 0 amide bonds. The molecule has 4 aliphatic carbocycles. The van der Waals surface area contributed by atoms with Crippen LogP contribution in [0.3, 0.4) is 0 Å². The first kappa shape index (κ1) is 19.3. The van der Waals surface area contributed by atoms with Crippen molar-refractivity contribution in [3.63, 3.8) is 0 Å². The molecular weight excluding hydrogens is 358 g/mol. The number of hydrogen-bond acceptors (Lipinski definition) is 3. The highest BCUT2D eigenvalue weighted by Crippen LogP contribution is 2.63. The van der Waals surface area contributed by atoms with Gasteiger partial charge in [0.05, 0.1) is 18.3 Å². The number of rotatable bonds is 3. The first-order valence-electron chi connectivity index (χ1n) is 11.9. The van der Waals surface area contributed by atoms with Gasteiger partial charge in [-0.3, -0.25) is 9.48 Å². The van der Waals surface area contributed by atoms with Gasteiger partial charge in [-0.1, -0.05) is 20.3 Å². The molecule has 0 saturated heterocycles. The van der Waals surface area contributed by atoms with E-state index in [-0.39, 0.29) is 5.92 Å². The molecule has 4 saturated carbocycles. The average Bonchev–Trinajstić information content (AvgIpc) is 3.33. The van der Waals surface area contributed by atoms with Gasteiger partial charge < -0.3 is 0 Å². The largest absolute Gasteiger partial charge is 0.297 e. The summed E-state index contributed by atoms with van der Waals surface area (Å²) >= 11 is 0. The van der Waals surface area contributed by atoms with Crippen LogP contribution in [0.5, 0.6) is 0 Å². The Morgan fingerprint density at radius 3 is 2.69 bits per heavy atom. The van der Waals surface area contributed by atoms with Crippen molar-refractivity contribution in [2.75, 3.05) is 0 Å². The number of carbonyl (C=O) groups is 1. The molecule has 156 valence electrons. The summed E-state index contributed by atoms with van der Waals surface area (Å²) in [6, 6.07) is 2.10. The molecule has 2 unspecified atom stereocenters. The number of hydrogen-bond donors (Lipinski definition) is 0. The maximum Gasteiger partial charge on any atom is 0.157 e. The molecule has 0 N–H and O–H groups in total. The first-order chi connectivity index (χ1) is 14.0. The zero-order valence-corrected chi connectivity index (χ0v) is 18.0. The molecular formula is C25H35N3O. The highest BCUT2D eigenvalue weighted by molar-refractivity contribution is 5.81. The highest BCUT2D eigenvalue weighted by atomic mass is 16.1. The van der Waals surface area contributed by atoms with Gasteiger partial charge in [0.15, 0.2) is 5.78 Å². The van der Waals surface area contributed by atoms with Crippen LogP contribution in [-0.4, -0.2) is 15.6 Å². The molecule has 0 aliphatic heterocycles. The summed E-state index contributed by atoms with van der Waals surface area (Å²) in [7, 11) is 0. The summed E-state index contributed by atoms with van der Waals surface area (Å²) in [5.41, 5.74) is 1.12. The maximum atomic E-state index is 13.1. The van der Waals surface area contributed by atoms with E-state index in [1.54, 1.807) is 17.1 Å². The summed E-state index contributed by atoms with van der Waals surface area (Å²) < 4.78 is 1.66. The Kier molecular flexibility index (Phi) is 4.84. The molecule has 29 heavy (non-hydrogen) atoms. The van der Waals surface area contributed by atoms with Crippen molar-refractivity contribution in [2.45, 2.75) is 78.2 Å². The summed E-state index contributed by atoms with van der Waals surface area (Å²) in [6.45, 7) is 5.38. The van der Waals surface area contributed by atoms with E-state index < -0.39 is 0 Å². The van der Waals surface area contributed by atoms with Gasteiger partial charge in [-0.05, 0) is 92.3 Å². The standard InChI is InChI=1S/C25H35N3O/c1-16-3-8-23-21-6-4-19-18(20(21)9-10-25(23,2)11-16)5-7-22(19)24(29)15-28-14-17(12-26)13-27-28/h13-14,16,18-23H,3-11,15H2,1-2H3/t16-,18?,19+,20-,21?,22-,23+,25+/m0/s1. The zero-order valence-electron chi connectivity index (χ0n) is 18.0. The van der Waals surface area contributed by atoms with Crippen LogP contribution in [0.2, 0.25) is 0 Å². The van der Waals surface area contributed by atoms with Gasteiger partial charge in [-0.25, -0.2) is 0 Å². The summed E-state index contributed by atoms with van der Waals surface area (Å²) in [5.74, 6) is 5.56. The van der Waals surface area contributed by atoms with Crippen molar-refractivity contribution in [3.05, 3.63) is 18.0 Å². The maximum absolute atomic E-state index is 13.1. The highest BCUT2D eigenvalue weighted by Gasteiger charge is 2.55. The van der Waals surface area contributed by atoms with Crippen LogP contribution in [0.15, 0.2) is 12.4 Å². The lowest BCUT2D eigenvalue weighted by atomic mass is 9.47. The lowest BCUT2D eigenvalue weighted by Crippen LogP contribution is -2.49. The number of Topliss-reactive ketones (excluding diaryl/α,β-unsaturated/α-hetero) is 1. The van der Waals surface area contributed by atoms with Gasteiger partial charge in [0.1, 0.15) is 6.07 Å². The zero-order chi connectivity index (χ0) is 20.2. The Bertz CT molecular complexity index is 822. The van der Waals surface area contributed by atoms with E-state index in [2.05, 4.69) is 25.0 Å². The van der Waals surface area contributed by atoms with Crippen LogP contribution < -0.4 is 0 Å². The van der Waals surface area contributed by atoms with Gasteiger partial charge in [-0.2, -0.15) is 10.4 Å². The molecule has 1 heterocycles. The Morgan fingerprint density at radius 1 is 1.14 bits per heavy atom. The Morgan fingerprint density at radius 2 is 1.90 bits per heavy atom. The fourth-order valence-electron chi connectivity index (χ4n) is 8.45. The van der Waals surface area contributed by atoms with Crippen molar-refractivity contribution in [3.8, 4) is 6.07 Å². The van der Waals surface area contributed by atoms with Gasteiger partial charge in [-0.15, -0.1) is 0 Å². The van der Waals surface area contributed by atoms with Gasteiger partial charge >= 0.3 is 0 Å². The summed E-state index contributed by atoms with van der Waals surface area (Å²) in [5, 5.41) is 13.2. The topological polar surface area (TPSA) is 58.7 Å². The van der Waals surface area contributed by atoms with Crippen LogP contribution >= 0.6 is 0 Å². The fraction of sp³-hybridized carbons (Fsp3) is 0.800. The van der Waals surface area contributed by atoms with Crippen LogP contribution in [0.25, 0.3) is 0 Å². The molecule has 0 radical (unpaired) electrons. The second-order valence-corrected chi connectivity index (χ2v) is 11.1. The minimum absolute atomic E-state index is 0.218. The average molecular weight is 394 g/mol. The molecule has 4 fully saturated rings. The molecule has 5 rings (SSSR count). The molecule has 4 heteroatoms. The van der Waals surface area contributed by atoms with Gasteiger partial charge in [0.25, 0.3) is 0 Å². The normalized spacial score (nSPS) is 43.7. The van der Waals surface area contributed by atoms with Crippen LogP contribution in [0.4, 0.5) is 0 Å². The third-order valence-electron chi connectivity index (χ3n) is 9.55. The number of nitrogens with zero attached hydrogens (tertiary/aromatic N) is 3. The summed E-state index contributed by atoms with van der Waals surface area (Å²) in [6.07, 6.45) is 15.3. The van der Waals surface area contributed by atoms with Crippen molar-refractivity contribution in [1.82, 2.24) is 9.78 Å². The third kappa shape index (κ3) is 3.25. The van der Waals surface area contributed by atoms with E-state index >= 15 is 0 Å². The Labute approximate surface area is 175 Å². The monoisotopic (exact) mass is 393 g/mol. The van der Waals surface area contributed by atoms with Crippen molar-refractivity contribution >= 4 is 5.78 Å². The smallest absolute Gasteiger partial charge is 0.157 e. The van der Waals surface area contributed by atoms with Crippen molar-refractivity contribution < 1.29 is 4.79 Å². The van der Waals surface area contributed by atoms with Gasteiger partial charge in [0, 0.05) is 12.1 Å². The Hall–Kier alpha value is -1.63. The molecule has 4 aliphatic rings. The number of aromatic nitrogens is 2. The predicted molar refractivity (Wildman–Crippen MR) is 112 cm³/mol. The van der Waals surface area contributed by atoms with Crippen molar-refractivity contribution in [2.24, 2.45) is 46.8 Å². The molecule has 1 aromatic heterocycles. The minimum Gasteiger partial charge on any atom is -0.297 e. The first-order valence-corrected chi connectivity index (χ1v) is 11.9. The number of fused-ring (bicyclic) bond motifs is 5. The van der Waals surface area contributed by atoms with E-state index in [0.717, 1.165) is 36.0 Å². The number of ketones is 1. The molecule has 0 aromatic carbocycles. The number of carbonyl (C=O) groups excluding carboxylic acids is 1. The van der Waals surface area contributed by atoms with E-state index in [1.807, 2.05) is 0 Å².